The molecule has 2 aliphatic rings. The highest BCUT2D eigenvalue weighted by molar-refractivity contribution is 5.80. The van der Waals surface area contributed by atoms with Gasteiger partial charge in [0.25, 0.3) is 0 Å². The number of ether oxygens (including phenoxy) is 1. The fourth-order valence-electron chi connectivity index (χ4n) is 2.99. The summed E-state index contributed by atoms with van der Waals surface area (Å²) < 4.78 is 7.16. The molecule has 1 atom stereocenters. The van der Waals surface area contributed by atoms with Crippen LogP contribution in [0.1, 0.15) is 12.5 Å². The maximum absolute atomic E-state index is 12.2. The van der Waals surface area contributed by atoms with Gasteiger partial charge in [0.1, 0.15) is 5.69 Å². The fraction of sp³-hybridized carbons (Fsp3) is 0.438. The zero-order valence-electron chi connectivity index (χ0n) is 12.3. The zero-order chi connectivity index (χ0) is 14.9. The Morgan fingerprint density at radius 2 is 2.05 bits per heavy atom. The molecule has 0 N–H and O–H groups in total. The predicted octanol–water partition coefficient (Wildman–Crippen LogP) is 1.36. The molecule has 2 aromatic rings. The summed E-state index contributed by atoms with van der Waals surface area (Å²) >= 11 is 0. The average Bonchev–Trinajstić information content (AvgIpc) is 3.18. The van der Waals surface area contributed by atoms with E-state index in [2.05, 4.69) is 10.3 Å². The Morgan fingerprint density at radius 3 is 2.77 bits per heavy atom. The summed E-state index contributed by atoms with van der Waals surface area (Å²) in [6.45, 7) is 2.71. The van der Waals surface area contributed by atoms with Crippen molar-refractivity contribution in [3.63, 3.8) is 0 Å². The molecule has 2 fully saturated rings. The molecule has 1 aromatic carbocycles. The van der Waals surface area contributed by atoms with E-state index in [0.717, 1.165) is 17.7 Å². The molecule has 2 saturated heterocycles. The zero-order valence-corrected chi connectivity index (χ0v) is 12.3. The van der Waals surface area contributed by atoms with Gasteiger partial charge in [0.2, 0.25) is 5.91 Å². The van der Waals surface area contributed by atoms with Crippen molar-refractivity contribution in [3.05, 3.63) is 36.5 Å². The summed E-state index contributed by atoms with van der Waals surface area (Å²) in [5, 5.41) is 8.44. The summed E-state index contributed by atoms with van der Waals surface area (Å²) in [5.74, 6) is 0.272. The van der Waals surface area contributed by atoms with Crippen molar-refractivity contribution in [2.24, 2.45) is 5.92 Å². The van der Waals surface area contributed by atoms with Gasteiger partial charge in [-0.25, -0.2) is 4.68 Å². The Kier molecular flexibility index (Phi) is 3.38. The number of rotatable bonds is 3. The number of benzene rings is 1. The molecule has 0 radical (unpaired) electrons. The van der Waals surface area contributed by atoms with Gasteiger partial charge >= 0.3 is 0 Å². The summed E-state index contributed by atoms with van der Waals surface area (Å²) in [4.78, 5) is 14.1. The monoisotopic (exact) mass is 298 g/mol. The number of hydrogen-bond donors (Lipinski definition) is 0. The van der Waals surface area contributed by atoms with Gasteiger partial charge in [0.05, 0.1) is 24.8 Å². The molecule has 0 saturated carbocycles. The third-order valence-electron chi connectivity index (χ3n) is 4.41. The standard InChI is InChI=1S/C16H18N4O2/c21-16(13-6-7-22-11-13)19-8-14(9-19)20-10-15(17-18-20)12-4-2-1-3-5-12/h1-5,10,13-14H,6-9,11H2/t13-/m0/s1. The first-order valence-electron chi connectivity index (χ1n) is 7.65. The molecule has 1 aromatic heterocycles. The number of nitrogens with zero attached hydrogens (tertiary/aromatic N) is 4. The lowest BCUT2D eigenvalue weighted by atomic mass is 10.0. The summed E-state index contributed by atoms with van der Waals surface area (Å²) in [6.07, 6.45) is 2.81. The summed E-state index contributed by atoms with van der Waals surface area (Å²) in [6, 6.07) is 10.2. The van der Waals surface area contributed by atoms with Crippen molar-refractivity contribution in [2.75, 3.05) is 26.3 Å². The normalized spacial score (nSPS) is 21.8. The Hall–Kier alpha value is -2.21. The van der Waals surface area contributed by atoms with E-state index in [9.17, 15) is 4.79 Å². The minimum atomic E-state index is 0.0524. The van der Waals surface area contributed by atoms with Gasteiger partial charge in [-0.05, 0) is 6.42 Å². The second kappa shape index (κ2) is 5.53. The lowest BCUT2D eigenvalue weighted by Crippen LogP contribution is -2.52. The van der Waals surface area contributed by atoms with Gasteiger partial charge in [-0.1, -0.05) is 35.5 Å². The first kappa shape index (κ1) is 13.5. The van der Waals surface area contributed by atoms with E-state index in [1.54, 1.807) is 0 Å². The van der Waals surface area contributed by atoms with Crippen LogP contribution in [0.5, 0.6) is 0 Å². The second-order valence-electron chi connectivity index (χ2n) is 5.91. The van der Waals surface area contributed by atoms with Crippen LogP contribution >= 0.6 is 0 Å². The van der Waals surface area contributed by atoms with Crippen LogP contribution in [0, 0.1) is 5.92 Å². The number of likely N-dealkylation sites (tertiary alicyclic amines) is 1. The van der Waals surface area contributed by atoms with Crippen LogP contribution in [0.4, 0.5) is 0 Å². The Bertz CT molecular complexity index is 658. The summed E-state index contributed by atoms with van der Waals surface area (Å²) in [7, 11) is 0. The van der Waals surface area contributed by atoms with Gasteiger partial charge in [-0.2, -0.15) is 0 Å². The SMILES string of the molecule is O=C([C@H]1CCOC1)N1CC(n2cc(-c3ccccc3)nn2)C1. The summed E-state index contributed by atoms with van der Waals surface area (Å²) in [5.41, 5.74) is 1.93. The molecular weight excluding hydrogens is 280 g/mol. The minimum Gasteiger partial charge on any atom is -0.381 e. The number of amides is 1. The van der Waals surface area contributed by atoms with Gasteiger partial charge in [-0.3, -0.25) is 4.79 Å². The molecule has 0 aliphatic carbocycles. The second-order valence-corrected chi connectivity index (χ2v) is 5.91. The number of aromatic nitrogens is 3. The third kappa shape index (κ3) is 2.39. The molecule has 1 amide bonds. The van der Waals surface area contributed by atoms with E-state index < -0.39 is 0 Å². The van der Waals surface area contributed by atoms with Gasteiger partial charge in [-0.15, -0.1) is 5.10 Å². The van der Waals surface area contributed by atoms with E-state index in [0.29, 0.717) is 26.3 Å². The van der Waals surface area contributed by atoms with Crippen LogP contribution in [0.25, 0.3) is 11.3 Å². The van der Waals surface area contributed by atoms with Crippen LogP contribution in [-0.2, 0) is 9.53 Å². The molecule has 2 aliphatic heterocycles. The number of carbonyl (C=O) groups is 1. The third-order valence-corrected chi connectivity index (χ3v) is 4.41. The van der Waals surface area contributed by atoms with Crippen LogP contribution in [0.3, 0.4) is 0 Å². The minimum absolute atomic E-state index is 0.0524. The van der Waals surface area contributed by atoms with Gasteiger partial charge < -0.3 is 9.64 Å². The highest BCUT2D eigenvalue weighted by atomic mass is 16.5. The molecule has 6 heteroatoms. The van der Waals surface area contributed by atoms with Crippen LogP contribution in [-0.4, -0.2) is 52.1 Å². The van der Waals surface area contributed by atoms with E-state index >= 15 is 0 Å². The molecule has 0 spiro atoms. The van der Waals surface area contributed by atoms with Crippen molar-refractivity contribution in [1.29, 1.82) is 0 Å². The van der Waals surface area contributed by atoms with Crippen molar-refractivity contribution in [2.45, 2.75) is 12.5 Å². The average molecular weight is 298 g/mol. The highest BCUT2D eigenvalue weighted by Gasteiger charge is 2.37. The van der Waals surface area contributed by atoms with Gasteiger partial charge in [0, 0.05) is 25.3 Å². The lowest BCUT2D eigenvalue weighted by Gasteiger charge is -2.40. The predicted molar refractivity (Wildman–Crippen MR) is 80.0 cm³/mol. The first-order chi connectivity index (χ1) is 10.8. The smallest absolute Gasteiger partial charge is 0.228 e. The van der Waals surface area contributed by atoms with E-state index in [-0.39, 0.29) is 17.9 Å². The highest BCUT2D eigenvalue weighted by Crippen LogP contribution is 2.26. The topological polar surface area (TPSA) is 60.2 Å². The molecule has 3 heterocycles. The number of carbonyl (C=O) groups excluding carboxylic acids is 1. The van der Waals surface area contributed by atoms with Crippen LogP contribution in [0.2, 0.25) is 0 Å². The van der Waals surface area contributed by atoms with Gasteiger partial charge in [0.15, 0.2) is 0 Å². The molecule has 0 unspecified atom stereocenters. The molecule has 114 valence electrons. The molecule has 6 nitrogen and oxygen atoms in total. The molecular formula is C16H18N4O2. The van der Waals surface area contributed by atoms with E-state index in [1.807, 2.05) is 46.1 Å². The van der Waals surface area contributed by atoms with Crippen molar-refractivity contribution >= 4 is 5.91 Å². The van der Waals surface area contributed by atoms with Crippen molar-refractivity contribution in [1.82, 2.24) is 19.9 Å². The first-order valence-corrected chi connectivity index (χ1v) is 7.65. The Labute approximate surface area is 128 Å². The largest absolute Gasteiger partial charge is 0.381 e. The maximum Gasteiger partial charge on any atom is 0.228 e. The van der Waals surface area contributed by atoms with Crippen molar-refractivity contribution in [3.8, 4) is 11.3 Å². The van der Waals surface area contributed by atoms with Crippen molar-refractivity contribution < 1.29 is 9.53 Å². The Morgan fingerprint density at radius 1 is 1.23 bits per heavy atom. The lowest BCUT2D eigenvalue weighted by molar-refractivity contribution is -0.141. The molecule has 4 rings (SSSR count). The molecule has 0 bridgehead atoms. The van der Waals surface area contributed by atoms with Crippen LogP contribution in [0.15, 0.2) is 36.5 Å². The number of hydrogen-bond acceptors (Lipinski definition) is 4. The van der Waals surface area contributed by atoms with E-state index in [4.69, 9.17) is 4.74 Å². The fourth-order valence-corrected chi connectivity index (χ4v) is 2.99. The Balaban J connectivity index is 1.39. The van der Waals surface area contributed by atoms with E-state index in [1.165, 1.54) is 0 Å². The maximum atomic E-state index is 12.2. The van der Waals surface area contributed by atoms with Crippen LogP contribution < -0.4 is 0 Å². The molecule has 22 heavy (non-hydrogen) atoms. The quantitative estimate of drug-likeness (QED) is 0.858.